The third-order valence-electron chi connectivity index (χ3n) is 7.40. The Bertz CT molecular complexity index is 775. The molecule has 2 heterocycles. The molecular weight excluding hydrogens is 400 g/mol. The maximum atomic E-state index is 12.9. The predicted octanol–water partition coefficient (Wildman–Crippen LogP) is 3.93. The molecule has 0 N–H and O–H groups in total. The Morgan fingerprint density at radius 1 is 1.20 bits per heavy atom. The van der Waals surface area contributed by atoms with Gasteiger partial charge in [0, 0.05) is 43.7 Å². The van der Waals surface area contributed by atoms with Gasteiger partial charge in [0.1, 0.15) is 0 Å². The number of piperidine rings is 2. The van der Waals surface area contributed by atoms with E-state index in [1.807, 2.05) is 36.1 Å². The molecule has 5 nitrogen and oxygen atoms in total. The molecule has 1 aliphatic carbocycles. The smallest absolute Gasteiger partial charge is 0.312 e. The molecule has 1 amide bonds. The van der Waals surface area contributed by atoms with Gasteiger partial charge in [0.25, 0.3) is 0 Å². The van der Waals surface area contributed by atoms with Crippen molar-refractivity contribution in [2.24, 2.45) is 11.3 Å². The maximum absolute atomic E-state index is 12.9. The first-order valence-electron chi connectivity index (χ1n) is 11.4. The highest BCUT2D eigenvalue weighted by molar-refractivity contribution is 6.31. The molecule has 3 fully saturated rings. The molecule has 0 radical (unpaired) electrons. The second-order valence-corrected chi connectivity index (χ2v) is 9.63. The van der Waals surface area contributed by atoms with Crippen molar-refractivity contribution in [1.82, 2.24) is 9.80 Å². The number of benzene rings is 1. The van der Waals surface area contributed by atoms with Crippen molar-refractivity contribution < 1.29 is 14.3 Å². The molecule has 2 aliphatic heterocycles. The van der Waals surface area contributed by atoms with E-state index in [0.717, 1.165) is 18.0 Å². The largest absolute Gasteiger partial charge is 0.466 e. The van der Waals surface area contributed by atoms with E-state index in [0.29, 0.717) is 56.4 Å². The molecule has 1 aromatic carbocycles. The van der Waals surface area contributed by atoms with Crippen LogP contribution >= 0.6 is 11.6 Å². The molecule has 0 spiro atoms. The van der Waals surface area contributed by atoms with Gasteiger partial charge in [-0.3, -0.25) is 14.5 Å². The number of fused-ring (bicyclic) bond motifs is 2. The molecule has 6 heteroatoms. The van der Waals surface area contributed by atoms with E-state index in [-0.39, 0.29) is 11.9 Å². The van der Waals surface area contributed by atoms with Crippen molar-refractivity contribution in [3.63, 3.8) is 0 Å². The number of nitrogens with zero attached hydrogens (tertiary/aromatic N) is 2. The lowest BCUT2D eigenvalue weighted by molar-refractivity contribution is -0.160. The highest BCUT2D eigenvalue weighted by Crippen LogP contribution is 2.39. The van der Waals surface area contributed by atoms with E-state index in [2.05, 4.69) is 4.90 Å². The minimum absolute atomic E-state index is 0.162. The summed E-state index contributed by atoms with van der Waals surface area (Å²) in [5, 5.41) is 0.680. The minimum Gasteiger partial charge on any atom is -0.466 e. The zero-order valence-electron chi connectivity index (χ0n) is 17.9. The fourth-order valence-corrected chi connectivity index (χ4v) is 5.83. The van der Waals surface area contributed by atoms with E-state index < -0.39 is 5.41 Å². The molecule has 1 aromatic rings. The van der Waals surface area contributed by atoms with E-state index in [1.54, 1.807) is 0 Å². The van der Waals surface area contributed by atoms with Crippen LogP contribution in [0.25, 0.3) is 0 Å². The van der Waals surface area contributed by atoms with Crippen molar-refractivity contribution in [3.8, 4) is 0 Å². The molecule has 3 aliphatic rings. The molecular formula is C24H33ClN2O3. The number of hydrogen-bond acceptors (Lipinski definition) is 4. The fourth-order valence-electron chi connectivity index (χ4n) is 5.63. The van der Waals surface area contributed by atoms with Crippen LogP contribution in [0.4, 0.5) is 0 Å². The first-order valence-corrected chi connectivity index (χ1v) is 11.8. The lowest BCUT2D eigenvalue weighted by atomic mass is 9.73. The second-order valence-electron chi connectivity index (χ2n) is 9.23. The first kappa shape index (κ1) is 21.6. The predicted molar refractivity (Wildman–Crippen MR) is 117 cm³/mol. The van der Waals surface area contributed by atoms with Crippen LogP contribution in [0.5, 0.6) is 0 Å². The van der Waals surface area contributed by atoms with Gasteiger partial charge in [0.2, 0.25) is 5.91 Å². The third-order valence-corrected chi connectivity index (χ3v) is 7.77. The topological polar surface area (TPSA) is 49.9 Å². The van der Waals surface area contributed by atoms with E-state index >= 15 is 0 Å². The van der Waals surface area contributed by atoms with Crippen LogP contribution in [0, 0.1) is 11.3 Å². The van der Waals surface area contributed by atoms with Gasteiger partial charge in [-0.15, -0.1) is 0 Å². The summed E-state index contributed by atoms with van der Waals surface area (Å²) in [5.74, 6) is 0.910. The average Bonchev–Trinajstić information content (AvgIpc) is 3.38. The monoisotopic (exact) mass is 432 g/mol. The summed E-state index contributed by atoms with van der Waals surface area (Å²) in [7, 11) is 0. The summed E-state index contributed by atoms with van der Waals surface area (Å²) in [6.45, 7) is 5.46. The lowest BCUT2D eigenvalue weighted by Crippen LogP contribution is -2.48. The summed E-state index contributed by atoms with van der Waals surface area (Å²) in [4.78, 5) is 30.2. The van der Waals surface area contributed by atoms with E-state index in [9.17, 15) is 9.59 Å². The third kappa shape index (κ3) is 4.52. The van der Waals surface area contributed by atoms with Crippen LogP contribution in [-0.2, 0) is 20.7 Å². The van der Waals surface area contributed by atoms with Gasteiger partial charge in [-0.2, -0.15) is 0 Å². The normalized spacial score (nSPS) is 25.5. The Balaban J connectivity index is 1.35. The molecule has 2 bridgehead atoms. The van der Waals surface area contributed by atoms with E-state index in [1.165, 1.54) is 25.8 Å². The van der Waals surface area contributed by atoms with Crippen LogP contribution in [0.3, 0.4) is 0 Å². The fraction of sp³-hybridized carbons (Fsp3) is 0.667. The van der Waals surface area contributed by atoms with Crippen molar-refractivity contribution in [1.29, 1.82) is 0 Å². The summed E-state index contributed by atoms with van der Waals surface area (Å²) in [6.07, 6.45) is 6.37. The number of esters is 1. The Hall–Kier alpha value is -1.59. The number of rotatable bonds is 7. The molecule has 0 unspecified atom stereocenters. The quantitative estimate of drug-likeness (QED) is 0.612. The summed E-state index contributed by atoms with van der Waals surface area (Å²) < 4.78 is 5.44. The van der Waals surface area contributed by atoms with Gasteiger partial charge in [0.15, 0.2) is 0 Å². The van der Waals surface area contributed by atoms with Crippen LogP contribution in [0.2, 0.25) is 5.02 Å². The van der Waals surface area contributed by atoms with Crippen LogP contribution in [0.1, 0.15) is 51.0 Å². The number of halogens is 1. The number of amides is 1. The van der Waals surface area contributed by atoms with Crippen LogP contribution < -0.4 is 0 Å². The summed E-state index contributed by atoms with van der Waals surface area (Å²) >= 11 is 6.38. The molecule has 30 heavy (non-hydrogen) atoms. The Morgan fingerprint density at radius 3 is 2.60 bits per heavy atom. The standard InChI is InChI=1S/C24H33ClN2O3/c1-2-30-23(29)24(16-19-5-3-4-6-21(19)25)10-13-26(14-11-24)22(28)9-12-27-17-18-7-8-20(27)15-18/h3-6,18,20H,2,7-17H2,1H3/t18-,20-/m0/s1. The zero-order valence-corrected chi connectivity index (χ0v) is 18.7. The van der Waals surface area contributed by atoms with Gasteiger partial charge in [0.05, 0.1) is 12.0 Å². The van der Waals surface area contributed by atoms with Crippen molar-refractivity contribution >= 4 is 23.5 Å². The van der Waals surface area contributed by atoms with Gasteiger partial charge in [-0.05, 0) is 63.0 Å². The molecule has 1 saturated carbocycles. The number of ether oxygens (including phenoxy) is 1. The second kappa shape index (κ2) is 9.27. The van der Waals surface area contributed by atoms with Gasteiger partial charge in [-0.1, -0.05) is 29.8 Å². The van der Waals surface area contributed by atoms with Crippen molar-refractivity contribution in [2.75, 3.05) is 32.8 Å². The molecule has 2 atom stereocenters. The van der Waals surface area contributed by atoms with E-state index in [4.69, 9.17) is 16.3 Å². The van der Waals surface area contributed by atoms with Crippen LogP contribution in [-0.4, -0.2) is 60.5 Å². The SMILES string of the molecule is CCOC(=O)C1(Cc2ccccc2Cl)CCN(C(=O)CCN2C[C@H]3CC[C@H]2C3)CC1. The minimum atomic E-state index is -0.605. The van der Waals surface area contributed by atoms with Gasteiger partial charge < -0.3 is 9.64 Å². The highest BCUT2D eigenvalue weighted by Gasteiger charge is 2.44. The summed E-state index contributed by atoms with van der Waals surface area (Å²) in [5.41, 5.74) is 0.363. The summed E-state index contributed by atoms with van der Waals surface area (Å²) in [6, 6.07) is 8.39. The number of likely N-dealkylation sites (tertiary alicyclic amines) is 2. The zero-order chi connectivity index (χ0) is 21.1. The maximum Gasteiger partial charge on any atom is 0.312 e. The highest BCUT2D eigenvalue weighted by atomic mass is 35.5. The average molecular weight is 433 g/mol. The van der Waals surface area contributed by atoms with Gasteiger partial charge in [-0.25, -0.2) is 0 Å². The van der Waals surface area contributed by atoms with Crippen molar-refractivity contribution in [3.05, 3.63) is 34.9 Å². The first-order chi connectivity index (χ1) is 14.5. The lowest BCUT2D eigenvalue weighted by Gasteiger charge is -2.40. The Morgan fingerprint density at radius 2 is 1.97 bits per heavy atom. The molecule has 4 rings (SSSR count). The van der Waals surface area contributed by atoms with Crippen molar-refractivity contribution in [2.45, 2.75) is 57.9 Å². The molecule has 164 valence electrons. The van der Waals surface area contributed by atoms with Gasteiger partial charge >= 0.3 is 5.97 Å². The Kier molecular flexibility index (Phi) is 6.69. The Labute approximate surface area is 184 Å². The number of carbonyl (C=O) groups excluding carboxylic acids is 2. The number of carbonyl (C=O) groups is 2. The molecule has 0 aromatic heterocycles. The van der Waals surface area contributed by atoms with Crippen LogP contribution in [0.15, 0.2) is 24.3 Å². The number of hydrogen-bond donors (Lipinski definition) is 0. The molecule has 2 saturated heterocycles.